The minimum atomic E-state index is -0.437. The molecule has 0 heterocycles. The van der Waals surface area contributed by atoms with Crippen molar-refractivity contribution in [3.8, 4) is 0 Å². The normalized spacial score (nSPS) is 16.2. The summed E-state index contributed by atoms with van der Waals surface area (Å²) in [6, 6.07) is 7.90. The van der Waals surface area contributed by atoms with Crippen LogP contribution in [0.3, 0.4) is 0 Å². The van der Waals surface area contributed by atoms with Crippen molar-refractivity contribution >= 4 is 11.9 Å². The first-order chi connectivity index (χ1) is 16.2. The van der Waals surface area contributed by atoms with Crippen LogP contribution in [0.15, 0.2) is 47.4 Å². The Bertz CT molecular complexity index is 1210. The summed E-state index contributed by atoms with van der Waals surface area (Å²) in [7, 11) is 0. The number of esters is 2. The second kappa shape index (κ2) is 9.85. The molecule has 0 aromatic heterocycles. The molecule has 3 rings (SSSR count). The maximum absolute atomic E-state index is 13.4. The van der Waals surface area contributed by atoms with Gasteiger partial charge in [-0.25, -0.2) is 9.59 Å². The molecule has 2 aromatic carbocycles. The van der Waals surface area contributed by atoms with E-state index in [9.17, 15) is 9.59 Å². The summed E-state index contributed by atoms with van der Waals surface area (Å²) in [6.45, 7) is 20.0. The summed E-state index contributed by atoms with van der Waals surface area (Å²) in [5.41, 5.74) is 7.50. The molecule has 0 saturated carbocycles. The summed E-state index contributed by atoms with van der Waals surface area (Å²) >= 11 is 0. The van der Waals surface area contributed by atoms with Gasteiger partial charge in [-0.15, -0.1) is 0 Å². The molecule has 186 valence electrons. The van der Waals surface area contributed by atoms with Crippen LogP contribution in [-0.4, -0.2) is 11.9 Å². The van der Waals surface area contributed by atoms with Gasteiger partial charge in [0.15, 0.2) is 11.5 Å². The van der Waals surface area contributed by atoms with Gasteiger partial charge in [0.1, 0.15) is 0 Å². The van der Waals surface area contributed by atoms with Crippen LogP contribution < -0.4 is 0 Å². The Kier molecular flexibility index (Phi) is 7.45. The number of carbonyl (C=O) groups excluding carboxylic acids is 2. The van der Waals surface area contributed by atoms with Crippen LogP contribution in [0, 0.1) is 52.9 Å². The van der Waals surface area contributed by atoms with Crippen molar-refractivity contribution in [1.82, 2.24) is 0 Å². The molecular formula is C31H38O4. The number of ether oxygens (including phenoxy) is 2. The smallest absolute Gasteiger partial charge is 0.344 e. The molecule has 4 heteroatoms. The third-order valence-corrected chi connectivity index (χ3v) is 6.75. The highest BCUT2D eigenvalue weighted by Gasteiger charge is 2.33. The number of rotatable bonds is 4. The van der Waals surface area contributed by atoms with Gasteiger partial charge >= 0.3 is 11.9 Å². The molecule has 1 aliphatic rings. The lowest BCUT2D eigenvalue weighted by Crippen LogP contribution is -2.26. The number of hydrogen-bond acceptors (Lipinski definition) is 4. The van der Waals surface area contributed by atoms with Gasteiger partial charge < -0.3 is 9.47 Å². The molecule has 1 atom stereocenters. The molecule has 0 amide bonds. The number of benzene rings is 2. The maximum atomic E-state index is 13.4. The van der Waals surface area contributed by atoms with E-state index in [1.54, 1.807) is 0 Å². The van der Waals surface area contributed by atoms with Gasteiger partial charge in [0, 0.05) is 6.42 Å². The van der Waals surface area contributed by atoms with E-state index in [0.717, 1.165) is 39.0 Å². The predicted molar refractivity (Wildman–Crippen MR) is 140 cm³/mol. The number of aryl methyl sites for hydroxylation is 6. The molecule has 4 nitrogen and oxygen atoms in total. The highest BCUT2D eigenvalue weighted by atomic mass is 16.6. The van der Waals surface area contributed by atoms with Crippen molar-refractivity contribution in [2.45, 2.75) is 75.7 Å². The SMILES string of the molecule is CC1=CC(C(C)(C)C)CC(OC(=O)c2c(C)cc(C)cc2C)=C1OC(=O)c1c(C)cc(C)cc1C. The first-order valence-electron chi connectivity index (χ1n) is 12.2. The molecule has 0 aliphatic heterocycles. The monoisotopic (exact) mass is 474 g/mol. The minimum absolute atomic E-state index is 0.0473. The summed E-state index contributed by atoms with van der Waals surface area (Å²) in [4.78, 5) is 26.7. The third kappa shape index (κ3) is 5.75. The predicted octanol–water partition coefficient (Wildman–Crippen LogP) is 7.77. The largest absolute Gasteiger partial charge is 0.423 e. The Morgan fingerprint density at radius 3 is 1.51 bits per heavy atom. The van der Waals surface area contributed by atoms with Gasteiger partial charge in [-0.1, -0.05) is 62.2 Å². The van der Waals surface area contributed by atoms with Crippen molar-refractivity contribution in [1.29, 1.82) is 0 Å². The molecule has 2 aromatic rings. The van der Waals surface area contributed by atoms with E-state index in [-0.39, 0.29) is 11.3 Å². The topological polar surface area (TPSA) is 52.6 Å². The highest BCUT2D eigenvalue weighted by Crippen LogP contribution is 2.40. The molecule has 0 spiro atoms. The van der Waals surface area contributed by atoms with E-state index >= 15 is 0 Å². The van der Waals surface area contributed by atoms with Gasteiger partial charge in [-0.2, -0.15) is 0 Å². The number of allylic oxidation sites excluding steroid dienone is 3. The lowest BCUT2D eigenvalue weighted by molar-refractivity contribution is 0.0498. The third-order valence-electron chi connectivity index (χ3n) is 6.75. The lowest BCUT2D eigenvalue weighted by Gasteiger charge is -2.33. The van der Waals surface area contributed by atoms with Crippen LogP contribution in [0.25, 0.3) is 0 Å². The van der Waals surface area contributed by atoms with Crippen molar-refractivity contribution in [2.75, 3.05) is 0 Å². The molecule has 0 N–H and O–H groups in total. The highest BCUT2D eigenvalue weighted by molar-refractivity contribution is 5.95. The Morgan fingerprint density at radius 1 is 0.714 bits per heavy atom. The van der Waals surface area contributed by atoms with Crippen LogP contribution in [0.1, 0.15) is 88.2 Å². The van der Waals surface area contributed by atoms with Gasteiger partial charge in [0.05, 0.1) is 11.1 Å². The van der Waals surface area contributed by atoms with Crippen LogP contribution in [-0.2, 0) is 9.47 Å². The molecule has 0 radical (unpaired) electrons. The molecule has 1 unspecified atom stereocenters. The average molecular weight is 475 g/mol. The van der Waals surface area contributed by atoms with E-state index in [0.29, 0.717) is 29.1 Å². The standard InChI is InChI=1S/C31H38O4/c1-17-11-19(3)26(20(4)12-17)29(32)34-25-16-24(31(8,9)10)15-23(7)28(25)35-30(33)27-21(5)13-18(2)14-22(27)6/h11-15,24H,16H2,1-10H3. The van der Waals surface area contributed by atoms with Gasteiger partial charge in [0.2, 0.25) is 0 Å². The van der Waals surface area contributed by atoms with Crippen LogP contribution in [0.2, 0.25) is 0 Å². The molecule has 0 saturated heterocycles. The van der Waals surface area contributed by atoms with E-state index in [4.69, 9.17) is 9.47 Å². The second-order valence-electron chi connectivity index (χ2n) is 11.1. The molecular weight excluding hydrogens is 436 g/mol. The van der Waals surface area contributed by atoms with Crippen LogP contribution >= 0.6 is 0 Å². The quantitative estimate of drug-likeness (QED) is 0.425. The lowest BCUT2D eigenvalue weighted by atomic mass is 9.75. The fourth-order valence-electron chi connectivity index (χ4n) is 5.04. The maximum Gasteiger partial charge on any atom is 0.344 e. The Hall–Kier alpha value is -3.14. The van der Waals surface area contributed by atoms with Crippen molar-refractivity contribution in [3.63, 3.8) is 0 Å². The molecule has 0 bridgehead atoms. The van der Waals surface area contributed by atoms with E-state index in [2.05, 4.69) is 26.8 Å². The van der Waals surface area contributed by atoms with E-state index in [1.807, 2.05) is 72.7 Å². The van der Waals surface area contributed by atoms with Crippen LogP contribution in [0.4, 0.5) is 0 Å². The average Bonchev–Trinajstić information content (AvgIpc) is 2.67. The van der Waals surface area contributed by atoms with Gasteiger partial charge in [-0.05, 0) is 87.6 Å². The Labute approximate surface area is 210 Å². The summed E-state index contributed by atoms with van der Waals surface area (Å²) in [5, 5.41) is 0. The number of hydrogen-bond donors (Lipinski definition) is 0. The summed E-state index contributed by atoms with van der Waals surface area (Å²) < 4.78 is 12.0. The number of carbonyl (C=O) groups is 2. The zero-order valence-electron chi connectivity index (χ0n) is 22.8. The molecule has 1 aliphatic carbocycles. The Balaban J connectivity index is 2.04. The van der Waals surface area contributed by atoms with E-state index < -0.39 is 11.9 Å². The zero-order chi connectivity index (χ0) is 26.2. The summed E-state index contributed by atoms with van der Waals surface area (Å²) in [5.74, 6) is 0.0216. The first-order valence-corrected chi connectivity index (χ1v) is 12.2. The Morgan fingerprint density at radius 2 is 1.11 bits per heavy atom. The summed E-state index contributed by atoms with van der Waals surface area (Å²) in [6.07, 6.45) is 2.60. The van der Waals surface area contributed by atoms with Crippen molar-refractivity contribution < 1.29 is 19.1 Å². The van der Waals surface area contributed by atoms with Gasteiger partial charge in [0.25, 0.3) is 0 Å². The first kappa shape index (κ1) is 26.5. The van der Waals surface area contributed by atoms with Crippen molar-refractivity contribution in [3.05, 3.63) is 91.9 Å². The fourth-order valence-corrected chi connectivity index (χ4v) is 5.04. The minimum Gasteiger partial charge on any atom is -0.423 e. The zero-order valence-corrected chi connectivity index (χ0v) is 22.8. The van der Waals surface area contributed by atoms with Gasteiger partial charge in [-0.3, -0.25) is 0 Å². The van der Waals surface area contributed by atoms with Crippen LogP contribution in [0.5, 0.6) is 0 Å². The molecule has 0 fully saturated rings. The second-order valence-corrected chi connectivity index (χ2v) is 11.1. The van der Waals surface area contributed by atoms with E-state index in [1.165, 1.54) is 0 Å². The molecule has 35 heavy (non-hydrogen) atoms. The fraction of sp³-hybridized carbons (Fsp3) is 0.419. The van der Waals surface area contributed by atoms with Crippen molar-refractivity contribution in [2.24, 2.45) is 11.3 Å².